The minimum atomic E-state index is -3.39. The van der Waals surface area contributed by atoms with Gasteiger partial charge in [0, 0.05) is 65.6 Å². The number of carbonyl (C=O) groups is 1. The highest BCUT2D eigenvalue weighted by molar-refractivity contribution is 7.88. The van der Waals surface area contributed by atoms with Gasteiger partial charge in [0.15, 0.2) is 0 Å². The largest absolute Gasteiger partial charge is 0.388 e. The second-order valence-corrected chi connectivity index (χ2v) is 11.3. The van der Waals surface area contributed by atoms with Crippen LogP contribution in [-0.2, 0) is 14.8 Å². The molecule has 2 heterocycles. The number of nitrogens with zero attached hydrogens (tertiary/aromatic N) is 4. The van der Waals surface area contributed by atoms with Gasteiger partial charge in [-0.05, 0) is 31.4 Å². The lowest BCUT2D eigenvalue weighted by Crippen LogP contribution is -2.52. The van der Waals surface area contributed by atoms with E-state index in [1.807, 2.05) is 12.1 Å². The van der Waals surface area contributed by atoms with Gasteiger partial charge < -0.3 is 14.9 Å². The summed E-state index contributed by atoms with van der Waals surface area (Å²) in [5, 5.41) is 11.3. The van der Waals surface area contributed by atoms with Crippen LogP contribution in [0.25, 0.3) is 0 Å². The molecule has 0 saturated carbocycles. The molecule has 1 aromatic carbocycles. The van der Waals surface area contributed by atoms with Crippen LogP contribution < -0.4 is 4.90 Å². The second-order valence-electron chi connectivity index (χ2n) is 9.28. The zero-order valence-electron chi connectivity index (χ0n) is 19.1. The normalized spacial score (nSPS) is 23.4. The fraction of sp³-hybridized carbons (Fsp3) is 0.682. The Bertz CT molecular complexity index is 881. The van der Waals surface area contributed by atoms with Gasteiger partial charge in [0.25, 0.3) is 0 Å². The molecule has 1 amide bonds. The van der Waals surface area contributed by atoms with Crippen molar-refractivity contribution in [1.29, 1.82) is 0 Å². The molecule has 9 heteroatoms. The third-order valence-electron chi connectivity index (χ3n) is 6.50. The van der Waals surface area contributed by atoms with Gasteiger partial charge in [-0.15, -0.1) is 0 Å². The number of aryl methyl sites for hydroxylation is 1. The number of benzene rings is 1. The fourth-order valence-corrected chi connectivity index (χ4v) is 5.54. The quantitative estimate of drug-likeness (QED) is 0.705. The van der Waals surface area contributed by atoms with Crippen molar-refractivity contribution in [2.45, 2.75) is 25.4 Å². The SMILES string of the molecule is Cc1ccccc1N1CCC(O)(CN2CCN(S(C)(=O)=O)CC(C(=O)N(C)C)C2)CC1. The van der Waals surface area contributed by atoms with Crippen LogP contribution in [0.1, 0.15) is 18.4 Å². The summed E-state index contributed by atoms with van der Waals surface area (Å²) in [5.74, 6) is -0.523. The summed E-state index contributed by atoms with van der Waals surface area (Å²) in [5.41, 5.74) is 1.59. The molecule has 1 atom stereocenters. The molecule has 0 radical (unpaired) electrons. The Morgan fingerprint density at radius 1 is 1.13 bits per heavy atom. The van der Waals surface area contributed by atoms with E-state index in [0.717, 1.165) is 13.1 Å². The van der Waals surface area contributed by atoms with Crippen molar-refractivity contribution < 1.29 is 18.3 Å². The third-order valence-corrected chi connectivity index (χ3v) is 7.77. The lowest BCUT2D eigenvalue weighted by atomic mass is 9.90. The molecule has 1 unspecified atom stereocenters. The second kappa shape index (κ2) is 9.44. The van der Waals surface area contributed by atoms with Crippen molar-refractivity contribution in [1.82, 2.24) is 14.1 Å². The first kappa shape index (κ1) is 24.0. The van der Waals surface area contributed by atoms with E-state index >= 15 is 0 Å². The van der Waals surface area contributed by atoms with E-state index in [9.17, 15) is 18.3 Å². The highest BCUT2D eigenvalue weighted by atomic mass is 32.2. The highest BCUT2D eigenvalue weighted by Crippen LogP contribution is 2.29. The van der Waals surface area contributed by atoms with E-state index in [1.165, 1.54) is 26.7 Å². The standard InChI is InChI=1S/C22H36N4O4S/c1-18-7-5-6-8-20(18)25-11-9-22(28,10-12-25)17-24-13-14-26(31(4,29)30)16-19(15-24)21(27)23(2)3/h5-8,19,28H,9-17H2,1-4H3. The van der Waals surface area contributed by atoms with Gasteiger partial charge >= 0.3 is 0 Å². The molecule has 174 valence electrons. The Balaban J connectivity index is 1.68. The van der Waals surface area contributed by atoms with Crippen molar-refractivity contribution in [2.24, 2.45) is 5.92 Å². The average Bonchev–Trinajstić information content (AvgIpc) is 2.91. The lowest BCUT2D eigenvalue weighted by molar-refractivity contribution is -0.133. The molecule has 0 spiro atoms. The number of β-amino-alcohol motifs (C(OH)–C–C–N with tert-alkyl or cyclic N) is 1. The molecular weight excluding hydrogens is 416 g/mol. The fourth-order valence-electron chi connectivity index (χ4n) is 4.67. The number of hydrogen-bond acceptors (Lipinski definition) is 6. The molecule has 8 nitrogen and oxygen atoms in total. The van der Waals surface area contributed by atoms with Crippen molar-refractivity contribution in [3.05, 3.63) is 29.8 Å². The van der Waals surface area contributed by atoms with Crippen LogP contribution in [0.4, 0.5) is 5.69 Å². The molecule has 1 aromatic rings. The molecule has 2 fully saturated rings. The van der Waals surface area contributed by atoms with E-state index in [4.69, 9.17) is 0 Å². The molecule has 31 heavy (non-hydrogen) atoms. The molecule has 2 saturated heterocycles. The van der Waals surface area contributed by atoms with Crippen molar-refractivity contribution in [3.8, 4) is 0 Å². The van der Waals surface area contributed by atoms with E-state index in [0.29, 0.717) is 39.0 Å². The summed E-state index contributed by atoms with van der Waals surface area (Å²) < 4.78 is 25.7. The van der Waals surface area contributed by atoms with Crippen LogP contribution >= 0.6 is 0 Å². The summed E-state index contributed by atoms with van der Waals surface area (Å²) in [4.78, 5) is 18.6. The minimum Gasteiger partial charge on any atom is -0.388 e. The number of anilines is 1. The zero-order chi connectivity index (χ0) is 22.8. The first-order valence-corrected chi connectivity index (χ1v) is 12.7. The molecule has 3 rings (SSSR count). The maximum Gasteiger partial charge on any atom is 0.227 e. The van der Waals surface area contributed by atoms with Crippen LogP contribution in [0, 0.1) is 12.8 Å². The van der Waals surface area contributed by atoms with E-state index in [1.54, 1.807) is 14.1 Å². The molecule has 2 aliphatic rings. The maximum absolute atomic E-state index is 12.7. The third kappa shape index (κ3) is 5.97. The Labute approximate surface area is 186 Å². The molecule has 0 aromatic heterocycles. The number of amides is 1. The average molecular weight is 453 g/mol. The van der Waals surface area contributed by atoms with Crippen LogP contribution in [0.3, 0.4) is 0 Å². The van der Waals surface area contributed by atoms with Gasteiger partial charge in [0.2, 0.25) is 15.9 Å². The number of aliphatic hydroxyl groups is 1. The van der Waals surface area contributed by atoms with Gasteiger partial charge in [-0.1, -0.05) is 18.2 Å². The van der Waals surface area contributed by atoms with E-state index in [-0.39, 0.29) is 12.5 Å². The Morgan fingerprint density at radius 3 is 2.35 bits per heavy atom. The van der Waals surface area contributed by atoms with Gasteiger partial charge in [0.1, 0.15) is 0 Å². The summed E-state index contributed by atoms with van der Waals surface area (Å²) in [7, 11) is -0.00505. The number of para-hydroxylation sites is 1. The number of hydrogen-bond donors (Lipinski definition) is 1. The molecular formula is C22H36N4O4S. The van der Waals surface area contributed by atoms with Crippen LogP contribution in [0.2, 0.25) is 0 Å². The maximum atomic E-state index is 12.7. The zero-order valence-corrected chi connectivity index (χ0v) is 19.9. The molecule has 0 aliphatic carbocycles. The Morgan fingerprint density at radius 2 is 1.77 bits per heavy atom. The summed E-state index contributed by atoms with van der Waals surface area (Å²) in [6.07, 6.45) is 2.47. The summed E-state index contributed by atoms with van der Waals surface area (Å²) >= 11 is 0. The van der Waals surface area contributed by atoms with Crippen LogP contribution in [0.15, 0.2) is 24.3 Å². The van der Waals surface area contributed by atoms with Crippen molar-refractivity contribution in [2.75, 3.05) is 71.1 Å². The summed E-state index contributed by atoms with van der Waals surface area (Å²) in [6, 6.07) is 8.29. The predicted octanol–water partition coefficient (Wildman–Crippen LogP) is 0.608. The summed E-state index contributed by atoms with van der Waals surface area (Å²) in [6.45, 7) is 5.57. The van der Waals surface area contributed by atoms with Gasteiger partial charge in [0.05, 0.1) is 17.8 Å². The number of piperidine rings is 1. The smallest absolute Gasteiger partial charge is 0.227 e. The topological polar surface area (TPSA) is 84.4 Å². The minimum absolute atomic E-state index is 0.0816. The monoisotopic (exact) mass is 452 g/mol. The molecule has 0 bridgehead atoms. The highest BCUT2D eigenvalue weighted by Gasteiger charge is 2.38. The van der Waals surface area contributed by atoms with Gasteiger partial charge in [-0.3, -0.25) is 9.69 Å². The first-order valence-electron chi connectivity index (χ1n) is 10.9. The van der Waals surface area contributed by atoms with Crippen molar-refractivity contribution in [3.63, 3.8) is 0 Å². The Hall–Kier alpha value is -1.68. The number of sulfonamides is 1. The van der Waals surface area contributed by atoms with E-state index < -0.39 is 21.5 Å². The predicted molar refractivity (Wildman–Crippen MR) is 123 cm³/mol. The van der Waals surface area contributed by atoms with Crippen LogP contribution in [-0.4, -0.2) is 105 Å². The van der Waals surface area contributed by atoms with Gasteiger partial charge in [-0.2, -0.15) is 0 Å². The first-order chi connectivity index (χ1) is 14.5. The van der Waals surface area contributed by atoms with Gasteiger partial charge in [-0.25, -0.2) is 12.7 Å². The molecule has 2 aliphatic heterocycles. The number of carbonyl (C=O) groups excluding carboxylic acids is 1. The Kier molecular flexibility index (Phi) is 7.30. The van der Waals surface area contributed by atoms with Crippen molar-refractivity contribution >= 4 is 21.6 Å². The van der Waals surface area contributed by atoms with E-state index in [2.05, 4.69) is 28.9 Å². The lowest BCUT2D eigenvalue weighted by Gasteiger charge is -2.42. The number of rotatable bonds is 5. The van der Waals surface area contributed by atoms with Crippen LogP contribution in [0.5, 0.6) is 0 Å². The molecule has 1 N–H and O–H groups in total.